The molecule has 1 aromatic carbocycles. The van der Waals surface area contributed by atoms with Crippen LogP contribution < -0.4 is 0 Å². The molecule has 0 saturated carbocycles. The van der Waals surface area contributed by atoms with Gasteiger partial charge in [-0.3, -0.25) is 0 Å². The van der Waals surface area contributed by atoms with Gasteiger partial charge in [-0.2, -0.15) is 0 Å². The summed E-state index contributed by atoms with van der Waals surface area (Å²) < 4.78 is 7.90. The number of rotatable bonds is 5. The number of benzene rings is 1. The van der Waals surface area contributed by atoms with Gasteiger partial charge < -0.3 is 5.11 Å². The Bertz CT molecular complexity index is 392. The first-order valence-corrected chi connectivity index (χ1v) is 4.87. The fourth-order valence-corrected chi connectivity index (χ4v) is 1.30. The van der Waals surface area contributed by atoms with Gasteiger partial charge in [0.05, 0.1) is 7.47 Å². The Labute approximate surface area is 92.5 Å². The van der Waals surface area contributed by atoms with Gasteiger partial charge in [0.1, 0.15) is 0 Å². The average Bonchev–Trinajstić information content (AvgIpc) is 2.31. The molecule has 1 unspecified atom stereocenters. The van der Waals surface area contributed by atoms with E-state index in [1.54, 1.807) is 6.08 Å². The molecule has 78 valence electrons. The molecule has 0 spiro atoms. The second kappa shape index (κ2) is 5.99. The van der Waals surface area contributed by atoms with Crippen molar-refractivity contribution >= 4 is 5.57 Å². The smallest absolute Gasteiger partial charge is 0.0972 e. The summed E-state index contributed by atoms with van der Waals surface area (Å²) in [5, 5.41) is 9.84. The molecule has 1 nitrogen and oxygen atoms in total. The summed E-state index contributed by atoms with van der Waals surface area (Å²) in [7, 11) is 0. The zero-order valence-electron chi connectivity index (χ0n) is 9.69. The lowest BCUT2D eigenvalue weighted by Crippen LogP contribution is -2.05. The summed E-state index contributed by atoms with van der Waals surface area (Å²) in [6.45, 7) is 7.16. The maximum Gasteiger partial charge on any atom is 0.0972 e. The van der Waals surface area contributed by atoms with Crippen molar-refractivity contribution in [2.45, 2.75) is 12.5 Å². The van der Waals surface area contributed by atoms with Gasteiger partial charge in [0.15, 0.2) is 0 Å². The van der Waals surface area contributed by atoms with E-state index >= 15 is 0 Å². The van der Waals surface area contributed by atoms with Gasteiger partial charge in [0, 0.05) is 0 Å². The molecule has 0 radical (unpaired) electrons. The highest BCUT2D eigenvalue weighted by Crippen LogP contribution is 2.19. The van der Waals surface area contributed by atoms with Gasteiger partial charge in [-0.05, 0) is 17.6 Å². The molecule has 0 aliphatic heterocycles. The van der Waals surface area contributed by atoms with Gasteiger partial charge in [-0.1, -0.05) is 48.5 Å². The van der Waals surface area contributed by atoms with Crippen LogP contribution in [0.5, 0.6) is 0 Å². The molecular weight excluding hydrogens is 184 g/mol. The molecule has 15 heavy (non-hydrogen) atoms. The van der Waals surface area contributed by atoms with Crippen LogP contribution >= 0.6 is 0 Å². The lowest BCUT2D eigenvalue weighted by molar-refractivity contribution is 0.280. The summed E-state index contributed by atoms with van der Waals surface area (Å²) in [6, 6.07) is 9.78. The Morgan fingerprint density at radius 1 is 1.40 bits per heavy atom. The van der Waals surface area contributed by atoms with Crippen molar-refractivity contribution in [3.63, 3.8) is 0 Å². The third-order valence-electron chi connectivity index (χ3n) is 2.04. The van der Waals surface area contributed by atoms with E-state index in [2.05, 4.69) is 13.2 Å². The minimum Gasteiger partial charge on any atom is -0.384 e. The second-order valence-electron chi connectivity index (χ2n) is 3.13. The van der Waals surface area contributed by atoms with E-state index in [0.717, 1.165) is 5.56 Å². The molecule has 1 N–H and O–H groups in total. The summed E-state index contributed by atoms with van der Waals surface area (Å²) in [5.41, 5.74) is 1.44. The van der Waals surface area contributed by atoms with Gasteiger partial charge in [0.25, 0.3) is 0 Å². The van der Waals surface area contributed by atoms with E-state index in [9.17, 15) is 5.11 Å². The largest absolute Gasteiger partial charge is 0.384 e. The van der Waals surface area contributed by atoms with E-state index in [0.29, 0.717) is 18.0 Å². The lowest BCUT2D eigenvalue weighted by Gasteiger charge is -2.11. The summed E-state index contributed by atoms with van der Waals surface area (Å²) in [4.78, 5) is 0. The van der Waals surface area contributed by atoms with Gasteiger partial charge in [-0.15, -0.1) is 13.2 Å². The molecule has 1 atom stereocenters. The maximum absolute atomic E-state index is 9.84. The quantitative estimate of drug-likeness (QED) is 0.725. The number of hydrogen-bond acceptors (Lipinski definition) is 1. The highest BCUT2D eigenvalue weighted by atomic mass is 16.3. The Kier molecular flexibility index (Phi) is 3.97. The first kappa shape index (κ1) is 9.94. The van der Waals surface area contributed by atoms with E-state index < -0.39 is 6.10 Å². The van der Waals surface area contributed by atoms with E-state index in [1.165, 1.54) is 6.08 Å². The van der Waals surface area contributed by atoms with Crippen molar-refractivity contribution < 1.29 is 6.48 Å². The normalized spacial score (nSPS) is 14.9. The highest BCUT2D eigenvalue weighted by Gasteiger charge is 2.07. The zero-order chi connectivity index (χ0) is 12.0. The van der Waals surface area contributed by atoms with Crippen LogP contribution in [0, 0.1) is 0 Å². The molecule has 0 aliphatic rings. The van der Waals surface area contributed by atoms with Crippen molar-refractivity contribution in [2.75, 3.05) is 0 Å². The fraction of sp³-hybridized carbons (Fsp3) is 0.143. The molecule has 0 aliphatic carbocycles. The molecule has 1 aromatic rings. The number of aliphatic hydroxyl groups excluding tert-OH is 1. The summed E-state index contributed by atoms with van der Waals surface area (Å²) in [5.74, 6) is 0. The topological polar surface area (TPSA) is 20.2 Å². The molecule has 1 rings (SSSR count). The molecular formula is C14H16O. The van der Waals surface area contributed by atoms with Crippen LogP contribution in [0.1, 0.15) is 13.4 Å². The third-order valence-corrected chi connectivity index (χ3v) is 2.04. The van der Waals surface area contributed by atoms with Crippen molar-refractivity contribution in [1.82, 2.24) is 0 Å². The first-order chi connectivity index (χ1) is 7.70. The molecule has 0 heterocycles. The van der Waals surface area contributed by atoms with Crippen LogP contribution in [-0.4, -0.2) is 11.2 Å². The molecule has 0 bridgehead atoms. The summed E-state index contributed by atoms with van der Waals surface area (Å²) >= 11 is 0. The average molecular weight is 201 g/mol. The number of aliphatic hydroxyl groups is 1. The van der Waals surface area contributed by atoms with Crippen LogP contribution in [0.15, 0.2) is 61.7 Å². The summed E-state index contributed by atoms with van der Waals surface area (Å²) in [6.07, 6.45) is 2.71. The van der Waals surface area contributed by atoms with Gasteiger partial charge >= 0.3 is 0 Å². The molecule has 0 amide bonds. The zero-order valence-corrected chi connectivity index (χ0v) is 8.69. The minimum atomic E-state index is -0.810. The molecule has 0 aromatic heterocycles. The van der Waals surface area contributed by atoms with Crippen LogP contribution in [0.2, 0.25) is 0 Å². The first-order valence-electron chi connectivity index (χ1n) is 5.37. The van der Waals surface area contributed by atoms with Gasteiger partial charge in [-0.25, -0.2) is 0 Å². The van der Waals surface area contributed by atoms with Crippen molar-refractivity contribution in [1.29, 1.82) is 0 Å². The van der Waals surface area contributed by atoms with Crippen LogP contribution in [0.25, 0.3) is 5.57 Å². The number of hydrogen-bond donors (Lipinski definition) is 1. The minimum absolute atomic E-state index is 0.369. The third kappa shape index (κ3) is 3.22. The Hall–Kier alpha value is -1.60. The maximum atomic E-state index is 9.84. The predicted octanol–water partition coefficient (Wildman–Crippen LogP) is 3.19. The Morgan fingerprint density at radius 3 is 2.60 bits per heavy atom. The molecule has 1 heteroatoms. The standard InChI is InChI=1S/C14H16O/c1-3-5-11-13(14(15)4-2)12-9-7-6-8-10-12/h3-4,6-11,14-15H,1-2,5H2/b13-11-/i11D. The second-order valence-corrected chi connectivity index (χ2v) is 3.13. The van der Waals surface area contributed by atoms with Crippen LogP contribution in [0.4, 0.5) is 0 Å². The lowest BCUT2D eigenvalue weighted by atomic mass is 9.99. The Balaban J connectivity index is 3.20. The predicted molar refractivity (Wildman–Crippen MR) is 65.4 cm³/mol. The van der Waals surface area contributed by atoms with E-state index in [1.807, 2.05) is 30.3 Å². The van der Waals surface area contributed by atoms with E-state index in [-0.39, 0.29) is 0 Å². The van der Waals surface area contributed by atoms with E-state index in [4.69, 9.17) is 1.37 Å². The SMILES string of the molecule is [2H]/C(CC=C)=C(\c1ccccc1)C(O)C=C. The fourth-order valence-electron chi connectivity index (χ4n) is 1.30. The highest BCUT2D eigenvalue weighted by molar-refractivity contribution is 5.70. The van der Waals surface area contributed by atoms with Gasteiger partial charge in [0.2, 0.25) is 0 Å². The molecule has 0 fully saturated rings. The monoisotopic (exact) mass is 201 g/mol. The van der Waals surface area contributed by atoms with Crippen molar-refractivity contribution in [3.05, 3.63) is 67.3 Å². The Morgan fingerprint density at radius 2 is 2.07 bits per heavy atom. The van der Waals surface area contributed by atoms with Crippen LogP contribution in [0.3, 0.4) is 0 Å². The van der Waals surface area contributed by atoms with Crippen molar-refractivity contribution in [2.24, 2.45) is 0 Å². The number of allylic oxidation sites excluding steroid dienone is 2. The molecule has 0 saturated heterocycles. The van der Waals surface area contributed by atoms with Crippen LogP contribution in [-0.2, 0) is 0 Å². The van der Waals surface area contributed by atoms with Crippen molar-refractivity contribution in [3.8, 4) is 0 Å².